The molecule has 2 amide bonds. The maximum atomic E-state index is 12.8. The average Bonchev–Trinajstić information content (AvgIpc) is 3.30. The molecule has 4 rings (SSSR count). The van der Waals surface area contributed by atoms with Crippen molar-refractivity contribution in [2.75, 3.05) is 25.0 Å². The van der Waals surface area contributed by atoms with Gasteiger partial charge in [0.15, 0.2) is 0 Å². The molecule has 3 aromatic carbocycles. The predicted octanol–water partition coefficient (Wildman–Crippen LogP) is 4.93. The summed E-state index contributed by atoms with van der Waals surface area (Å²) in [5.74, 6) is 0.187. The Hall–Kier alpha value is -3.18. The van der Waals surface area contributed by atoms with Gasteiger partial charge in [-0.3, -0.25) is 9.59 Å². The van der Waals surface area contributed by atoms with Gasteiger partial charge in [-0.2, -0.15) is 0 Å². The maximum absolute atomic E-state index is 12.8. The van der Waals surface area contributed by atoms with Crippen LogP contribution in [0.2, 0.25) is 0 Å². The van der Waals surface area contributed by atoms with Crippen LogP contribution in [0.5, 0.6) is 0 Å². The fraction of sp³-hybridized carbons (Fsp3) is 0.357. The van der Waals surface area contributed by atoms with E-state index in [2.05, 4.69) is 28.8 Å². The molecule has 1 fully saturated rings. The number of aryl methyl sites for hydroxylation is 1. The van der Waals surface area contributed by atoms with E-state index in [0.29, 0.717) is 18.0 Å². The summed E-state index contributed by atoms with van der Waals surface area (Å²) in [6.07, 6.45) is 3.46. The molecule has 1 aliphatic rings. The standard InChI is InChI=1S/C28H33N3O2/c1-3-8-27(32)31-18-16-22(19-31)29-17-15-21-13-14-26(25-12-7-6-11-24(21)25)30-28(33)23-10-5-4-9-20(23)2/h4-7,9-14,22,29H,3,8,15-19H2,1-2H3,(H,30,33). The van der Waals surface area contributed by atoms with E-state index in [1.165, 1.54) is 5.56 Å². The highest BCUT2D eigenvalue weighted by Crippen LogP contribution is 2.28. The highest BCUT2D eigenvalue weighted by Gasteiger charge is 2.25. The minimum atomic E-state index is -0.0870. The molecule has 1 unspecified atom stereocenters. The number of amides is 2. The molecule has 2 N–H and O–H groups in total. The quantitative estimate of drug-likeness (QED) is 0.519. The van der Waals surface area contributed by atoms with Crippen LogP contribution in [0.25, 0.3) is 10.8 Å². The van der Waals surface area contributed by atoms with Crippen molar-refractivity contribution in [1.29, 1.82) is 0 Å². The Kier molecular flexibility index (Phi) is 7.40. The summed E-state index contributed by atoms with van der Waals surface area (Å²) in [6, 6.07) is 20.4. The van der Waals surface area contributed by atoms with E-state index in [1.807, 2.05) is 61.2 Å². The van der Waals surface area contributed by atoms with Gasteiger partial charge in [0.1, 0.15) is 0 Å². The molecule has 1 aliphatic heterocycles. The Balaban J connectivity index is 1.41. The number of anilines is 1. The fourth-order valence-corrected chi connectivity index (χ4v) is 4.64. The molecule has 1 heterocycles. The van der Waals surface area contributed by atoms with Gasteiger partial charge in [0.2, 0.25) is 5.91 Å². The van der Waals surface area contributed by atoms with Crippen molar-refractivity contribution in [3.8, 4) is 0 Å². The van der Waals surface area contributed by atoms with Gasteiger partial charge in [-0.1, -0.05) is 55.5 Å². The van der Waals surface area contributed by atoms with Crippen LogP contribution in [0, 0.1) is 6.92 Å². The molecule has 172 valence electrons. The zero-order valence-electron chi connectivity index (χ0n) is 19.6. The van der Waals surface area contributed by atoms with Crippen LogP contribution in [-0.2, 0) is 11.2 Å². The zero-order chi connectivity index (χ0) is 23.2. The number of carbonyl (C=O) groups is 2. The van der Waals surface area contributed by atoms with Crippen molar-refractivity contribution < 1.29 is 9.59 Å². The van der Waals surface area contributed by atoms with E-state index in [1.54, 1.807) is 0 Å². The number of hydrogen-bond donors (Lipinski definition) is 2. The van der Waals surface area contributed by atoms with E-state index >= 15 is 0 Å². The first kappa shape index (κ1) is 23.0. The van der Waals surface area contributed by atoms with Crippen molar-refractivity contribution in [3.05, 3.63) is 77.4 Å². The predicted molar refractivity (Wildman–Crippen MR) is 135 cm³/mol. The van der Waals surface area contributed by atoms with Crippen molar-refractivity contribution >= 4 is 28.3 Å². The van der Waals surface area contributed by atoms with Gasteiger partial charge < -0.3 is 15.5 Å². The number of nitrogens with zero attached hydrogens (tertiary/aromatic N) is 1. The molecule has 5 heteroatoms. The number of nitrogens with one attached hydrogen (secondary N) is 2. The smallest absolute Gasteiger partial charge is 0.255 e. The van der Waals surface area contributed by atoms with Gasteiger partial charge in [0, 0.05) is 42.2 Å². The molecular weight excluding hydrogens is 410 g/mol. The van der Waals surface area contributed by atoms with Gasteiger partial charge in [-0.25, -0.2) is 0 Å². The molecule has 33 heavy (non-hydrogen) atoms. The maximum Gasteiger partial charge on any atom is 0.255 e. The Labute approximate surface area is 196 Å². The van der Waals surface area contributed by atoms with Crippen LogP contribution in [0.3, 0.4) is 0 Å². The zero-order valence-corrected chi connectivity index (χ0v) is 19.6. The average molecular weight is 444 g/mol. The van der Waals surface area contributed by atoms with E-state index in [0.717, 1.165) is 60.9 Å². The molecule has 1 atom stereocenters. The van der Waals surface area contributed by atoms with E-state index < -0.39 is 0 Å². The number of carbonyl (C=O) groups excluding carboxylic acids is 2. The molecule has 0 radical (unpaired) electrons. The number of likely N-dealkylation sites (tertiary alicyclic amines) is 1. The van der Waals surface area contributed by atoms with Gasteiger partial charge in [-0.15, -0.1) is 0 Å². The summed E-state index contributed by atoms with van der Waals surface area (Å²) in [4.78, 5) is 27.0. The monoisotopic (exact) mass is 443 g/mol. The number of fused-ring (bicyclic) bond motifs is 1. The summed E-state index contributed by atoms with van der Waals surface area (Å²) in [5, 5.41) is 8.95. The second-order valence-corrected chi connectivity index (χ2v) is 8.87. The lowest BCUT2D eigenvalue weighted by atomic mass is 10.00. The lowest BCUT2D eigenvalue weighted by Gasteiger charge is -2.17. The second kappa shape index (κ2) is 10.6. The summed E-state index contributed by atoms with van der Waals surface area (Å²) in [7, 11) is 0. The van der Waals surface area contributed by atoms with Gasteiger partial charge in [0.05, 0.1) is 0 Å². The number of rotatable bonds is 8. The molecule has 3 aromatic rings. The van der Waals surface area contributed by atoms with E-state index in [-0.39, 0.29) is 11.8 Å². The lowest BCUT2D eigenvalue weighted by Crippen LogP contribution is -2.36. The third kappa shape index (κ3) is 5.42. The molecule has 0 bridgehead atoms. The van der Waals surface area contributed by atoms with E-state index in [9.17, 15) is 9.59 Å². The fourth-order valence-electron chi connectivity index (χ4n) is 4.64. The summed E-state index contributed by atoms with van der Waals surface area (Å²) in [6.45, 7) is 6.53. The summed E-state index contributed by atoms with van der Waals surface area (Å²) >= 11 is 0. The molecule has 5 nitrogen and oxygen atoms in total. The first-order valence-corrected chi connectivity index (χ1v) is 12.0. The Morgan fingerprint density at radius 2 is 1.76 bits per heavy atom. The van der Waals surface area contributed by atoms with Crippen LogP contribution in [0.4, 0.5) is 5.69 Å². The van der Waals surface area contributed by atoms with Crippen LogP contribution in [-0.4, -0.2) is 42.4 Å². The van der Waals surface area contributed by atoms with Crippen LogP contribution < -0.4 is 10.6 Å². The van der Waals surface area contributed by atoms with Crippen molar-refractivity contribution in [2.24, 2.45) is 0 Å². The molecule has 0 spiro atoms. The van der Waals surface area contributed by atoms with Crippen LogP contribution in [0.15, 0.2) is 60.7 Å². The molecule has 0 aromatic heterocycles. The number of hydrogen-bond acceptors (Lipinski definition) is 3. The Morgan fingerprint density at radius 3 is 2.55 bits per heavy atom. The Morgan fingerprint density at radius 1 is 1.00 bits per heavy atom. The third-order valence-electron chi connectivity index (χ3n) is 6.48. The second-order valence-electron chi connectivity index (χ2n) is 8.87. The third-order valence-corrected chi connectivity index (χ3v) is 6.48. The SMILES string of the molecule is CCCC(=O)N1CCC(NCCc2ccc(NC(=O)c3ccccc3C)c3ccccc23)C1. The van der Waals surface area contributed by atoms with E-state index in [4.69, 9.17) is 0 Å². The first-order chi connectivity index (χ1) is 16.1. The molecule has 0 saturated carbocycles. The topological polar surface area (TPSA) is 61.4 Å². The summed E-state index contributed by atoms with van der Waals surface area (Å²) < 4.78 is 0. The molecular formula is C28H33N3O2. The normalized spacial score (nSPS) is 15.7. The Bertz CT molecular complexity index is 1140. The van der Waals surface area contributed by atoms with Crippen LogP contribution >= 0.6 is 0 Å². The lowest BCUT2D eigenvalue weighted by molar-refractivity contribution is -0.130. The van der Waals surface area contributed by atoms with Gasteiger partial charge in [0.25, 0.3) is 5.91 Å². The molecule has 0 aliphatic carbocycles. The van der Waals surface area contributed by atoms with Crippen molar-refractivity contribution in [1.82, 2.24) is 10.2 Å². The van der Waals surface area contributed by atoms with Gasteiger partial charge in [-0.05, 0) is 61.4 Å². The minimum Gasteiger partial charge on any atom is -0.341 e. The summed E-state index contributed by atoms with van der Waals surface area (Å²) in [5.41, 5.74) is 3.74. The number of benzene rings is 3. The van der Waals surface area contributed by atoms with Gasteiger partial charge >= 0.3 is 0 Å². The van der Waals surface area contributed by atoms with Crippen LogP contribution in [0.1, 0.15) is 47.7 Å². The highest BCUT2D eigenvalue weighted by atomic mass is 16.2. The van der Waals surface area contributed by atoms with Crippen molar-refractivity contribution in [2.45, 2.75) is 45.6 Å². The highest BCUT2D eigenvalue weighted by molar-refractivity contribution is 6.10. The van der Waals surface area contributed by atoms with Crippen molar-refractivity contribution in [3.63, 3.8) is 0 Å². The molecule has 1 saturated heterocycles. The largest absolute Gasteiger partial charge is 0.341 e. The minimum absolute atomic E-state index is 0.0870. The first-order valence-electron chi connectivity index (χ1n) is 12.0.